The summed E-state index contributed by atoms with van der Waals surface area (Å²) >= 11 is 0. The highest BCUT2D eigenvalue weighted by Gasteiger charge is 2.35. The summed E-state index contributed by atoms with van der Waals surface area (Å²) in [4.78, 5) is 24.6. The summed E-state index contributed by atoms with van der Waals surface area (Å²) in [6, 6.07) is 4.72. The summed E-state index contributed by atoms with van der Waals surface area (Å²) in [7, 11) is -1.97. The van der Waals surface area contributed by atoms with E-state index in [0.717, 1.165) is 19.3 Å². The standard InChI is InChI=1S/C21H27N3O5S/c1-29-19-7-6-17(12-18(19)24-8-2-3-9-30(24,27)28)23-21(26)20(25)22-13-16-11-14-4-5-15(16)10-14/h4-7,12,14-16H,2-3,8-11,13H2,1H3,(H,22,25)(H,23,26). The minimum atomic E-state index is -3.44. The van der Waals surface area contributed by atoms with Crippen LogP contribution in [0.5, 0.6) is 5.75 Å². The zero-order chi connectivity index (χ0) is 21.3. The van der Waals surface area contributed by atoms with Crippen LogP contribution in [-0.4, -0.2) is 46.2 Å². The Morgan fingerprint density at radius 1 is 1.17 bits per heavy atom. The van der Waals surface area contributed by atoms with Crippen molar-refractivity contribution in [3.8, 4) is 5.75 Å². The number of benzene rings is 1. The fraction of sp³-hybridized carbons (Fsp3) is 0.524. The number of allylic oxidation sites excluding steroid dienone is 2. The summed E-state index contributed by atoms with van der Waals surface area (Å²) in [5.74, 6) is 0.494. The predicted molar refractivity (Wildman–Crippen MR) is 114 cm³/mol. The second-order valence-electron chi connectivity index (χ2n) is 8.19. The van der Waals surface area contributed by atoms with Gasteiger partial charge >= 0.3 is 11.8 Å². The highest BCUT2D eigenvalue weighted by molar-refractivity contribution is 7.92. The lowest BCUT2D eigenvalue weighted by Gasteiger charge is -2.29. The van der Waals surface area contributed by atoms with Gasteiger partial charge < -0.3 is 15.4 Å². The molecule has 0 radical (unpaired) electrons. The van der Waals surface area contributed by atoms with Crippen LogP contribution in [-0.2, 0) is 19.6 Å². The number of nitrogens with zero attached hydrogens (tertiary/aromatic N) is 1. The van der Waals surface area contributed by atoms with Crippen LogP contribution in [0.4, 0.5) is 11.4 Å². The van der Waals surface area contributed by atoms with E-state index in [4.69, 9.17) is 4.74 Å². The van der Waals surface area contributed by atoms with E-state index in [1.165, 1.54) is 17.5 Å². The van der Waals surface area contributed by atoms with Gasteiger partial charge in [-0.25, -0.2) is 8.42 Å². The SMILES string of the molecule is COc1ccc(NC(=O)C(=O)NCC2CC3C=CC2C3)cc1N1CCCCS1(=O)=O. The van der Waals surface area contributed by atoms with Gasteiger partial charge in [-0.05, 0) is 61.6 Å². The van der Waals surface area contributed by atoms with Crippen molar-refractivity contribution in [3.05, 3.63) is 30.4 Å². The molecule has 162 valence electrons. The van der Waals surface area contributed by atoms with E-state index >= 15 is 0 Å². The lowest BCUT2D eigenvalue weighted by atomic mass is 9.94. The smallest absolute Gasteiger partial charge is 0.313 e. The van der Waals surface area contributed by atoms with Crippen molar-refractivity contribution in [3.63, 3.8) is 0 Å². The highest BCUT2D eigenvalue weighted by Crippen LogP contribution is 2.43. The molecule has 2 N–H and O–H groups in total. The second-order valence-corrected chi connectivity index (χ2v) is 10.2. The Labute approximate surface area is 176 Å². The Balaban J connectivity index is 1.41. The molecule has 1 aromatic carbocycles. The Morgan fingerprint density at radius 2 is 2.00 bits per heavy atom. The van der Waals surface area contributed by atoms with Crippen molar-refractivity contribution in [2.24, 2.45) is 17.8 Å². The molecule has 1 saturated heterocycles. The summed E-state index contributed by atoms with van der Waals surface area (Å²) in [5.41, 5.74) is 0.707. The normalized spacial score (nSPS) is 26.4. The number of carbonyl (C=O) groups is 2. The summed E-state index contributed by atoms with van der Waals surface area (Å²) < 4.78 is 31.6. The first-order valence-corrected chi connectivity index (χ1v) is 11.9. The van der Waals surface area contributed by atoms with Crippen LogP contribution >= 0.6 is 0 Å². The lowest BCUT2D eigenvalue weighted by Crippen LogP contribution is -2.39. The van der Waals surface area contributed by atoms with Gasteiger partial charge in [0.1, 0.15) is 5.75 Å². The Morgan fingerprint density at radius 3 is 2.67 bits per heavy atom. The van der Waals surface area contributed by atoms with Crippen LogP contribution < -0.4 is 19.7 Å². The number of carbonyl (C=O) groups excluding carboxylic acids is 2. The molecule has 3 aliphatic rings. The van der Waals surface area contributed by atoms with Crippen molar-refractivity contribution in [1.82, 2.24) is 5.32 Å². The lowest BCUT2D eigenvalue weighted by molar-refractivity contribution is -0.136. The third-order valence-electron chi connectivity index (χ3n) is 6.20. The minimum absolute atomic E-state index is 0.0767. The molecule has 1 saturated carbocycles. The van der Waals surface area contributed by atoms with E-state index in [1.54, 1.807) is 12.1 Å². The van der Waals surface area contributed by atoms with E-state index in [0.29, 0.717) is 54.4 Å². The number of amides is 2. The molecule has 0 spiro atoms. The number of nitrogens with one attached hydrogen (secondary N) is 2. The summed E-state index contributed by atoms with van der Waals surface area (Å²) in [6.45, 7) is 0.840. The number of fused-ring (bicyclic) bond motifs is 2. The number of rotatable bonds is 5. The number of hydrogen-bond donors (Lipinski definition) is 2. The van der Waals surface area contributed by atoms with Crippen molar-refractivity contribution in [2.45, 2.75) is 25.7 Å². The third kappa shape index (κ3) is 4.16. The maximum absolute atomic E-state index is 12.5. The summed E-state index contributed by atoms with van der Waals surface area (Å²) in [6.07, 6.45) is 8.00. The molecular formula is C21H27N3O5S. The van der Waals surface area contributed by atoms with Crippen LogP contribution in [0, 0.1) is 17.8 Å². The molecule has 1 heterocycles. The number of anilines is 2. The van der Waals surface area contributed by atoms with Gasteiger partial charge in [0.2, 0.25) is 10.0 Å². The topological polar surface area (TPSA) is 105 Å². The van der Waals surface area contributed by atoms with Crippen LogP contribution in [0.25, 0.3) is 0 Å². The van der Waals surface area contributed by atoms with Gasteiger partial charge in [0.15, 0.2) is 0 Å². The number of methoxy groups -OCH3 is 1. The number of sulfonamides is 1. The largest absolute Gasteiger partial charge is 0.495 e. The van der Waals surface area contributed by atoms with Crippen molar-refractivity contribution in [1.29, 1.82) is 0 Å². The molecular weight excluding hydrogens is 406 g/mol. The van der Waals surface area contributed by atoms with Crippen molar-refractivity contribution in [2.75, 3.05) is 35.6 Å². The van der Waals surface area contributed by atoms with Gasteiger partial charge in [0, 0.05) is 18.8 Å². The van der Waals surface area contributed by atoms with E-state index in [2.05, 4.69) is 22.8 Å². The molecule has 3 atom stereocenters. The molecule has 3 unspecified atom stereocenters. The molecule has 9 heteroatoms. The van der Waals surface area contributed by atoms with E-state index in [1.807, 2.05) is 0 Å². The van der Waals surface area contributed by atoms with Crippen LogP contribution in [0.1, 0.15) is 25.7 Å². The molecule has 1 aromatic rings. The zero-order valence-corrected chi connectivity index (χ0v) is 17.8. The van der Waals surface area contributed by atoms with E-state index in [9.17, 15) is 18.0 Å². The Hall–Kier alpha value is -2.55. The average Bonchev–Trinajstić information content (AvgIpc) is 3.35. The van der Waals surface area contributed by atoms with Gasteiger partial charge in [-0.2, -0.15) is 0 Å². The molecule has 8 nitrogen and oxygen atoms in total. The number of hydrogen-bond acceptors (Lipinski definition) is 5. The van der Waals surface area contributed by atoms with E-state index < -0.39 is 21.8 Å². The van der Waals surface area contributed by atoms with Crippen molar-refractivity contribution < 1.29 is 22.7 Å². The molecule has 2 aliphatic carbocycles. The zero-order valence-electron chi connectivity index (χ0n) is 17.0. The van der Waals surface area contributed by atoms with Gasteiger partial charge in [0.05, 0.1) is 18.6 Å². The molecule has 2 bridgehead atoms. The van der Waals surface area contributed by atoms with Crippen molar-refractivity contribution >= 4 is 33.2 Å². The van der Waals surface area contributed by atoms with Gasteiger partial charge in [-0.15, -0.1) is 0 Å². The first-order chi connectivity index (χ1) is 14.4. The van der Waals surface area contributed by atoms with Gasteiger partial charge in [-0.1, -0.05) is 12.2 Å². The predicted octanol–water partition coefficient (Wildman–Crippen LogP) is 1.89. The first-order valence-electron chi connectivity index (χ1n) is 10.3. The monoisotopic (exact) mass is 433 g/mol. The maximum atomic E-state index is 12.5. The Bertz CT molecular complexity index is 975. The summed E-state index contributed by atoms with van der Waals surface area (Å²) in [5, 5.41) is 5.29. The van der Waals surface area contributed by atoms with Crippen LogP contribution in [0.3, 0.4) is 0 Å². The molecule has 30 heavy (non-hydrogen) atoms. The minimum Gasteiger partial charge on any atom is -0.495 e. The molecule has 0 aromatic heterocycles. The Kier molecular flexibility index (Phi) is 5.73. The molecule has 2 amide bonds. The molecule has 4 rings (SSSR count). The fourth-order valence-electron chi connectivity index (χ4n) is 4.64. The van der Waals surface area contributed by atoms with Crippen LogP contribution in [0.2, 0.25) is 0 Å². The number of ether oxygens (including phenoxy) is 1. The van der Waals surface area contributed by atoms with Crippen LogP contribution in [0.15, 0.2) is 30.4 Å². The van der Waals surface area contributed by atoms with Gasteiger partial charge in [0.25, 0.3) is 0 Å². The van der Waals surface area contributed by atoms with Gasteiger partial charge in [-0.3, -0.25) is 13.9 Å². The quantitative estimate of drug-likeness (QED) is 0.545. The third-order valence-corrected chi connectivity index (χ3v) is 8.06. The fourth-order valence-corrected chi connectivity index (χ4v) is 6.28. The van der Waals surface area contributed by atoms with E-state index in [-0.39, 0.29) is 5.75 Å². The molecule has 2 fully saturated rings. The maximum Gasteiger partial charge on any atom is 0.313 e. The first kappa shape index (κ1) is 20.7. The average molecular weight is 434 g/mol. The molecule has 1 aliphatic heterocycles. The second kappa shape index (κ2) is 8.29. The highest BCUT2D eigenvalue weighted by atomic mass is 32.2.